The predicted octanol–water partition coefficient (Wildman–Crippen LogP) is 5.13. The summed E-state index contributed by atoms with van der Waals surface area (Å²) in [6.45, 7) is 0. The zero-order valence-corrected chi connectivity index (χ0v) is 12.3. The first kappa shape index (κ1) is 14.0. The van der Waals surface area contributed by atoms with Crippen molar-refractivity contribution in [2.75, 3.05) is 5.32 Å². The van der Waals surface area contributed by atoms with Crippen molar-refractivity contribution >= 4 is 5.69 Å². The molecule has 21 heavy (non-hydrogen) atoms. The monoisotopic (exact) mass is 281 g/mol. The molecule has 0 aromatic heterocycles. The minimum atomic E-state index is 0.314. The average Bonchev–Trinajstić information content (AvgIpc) is 2.56. The molecule has 0 radical (unpaired) electrons. The molecule has 3 rings (SSSR count). The molecule has 1 aliphatic rings. The van der Waals surface area contributed by atoms with E-state index in [1.165, 1.54) is 37.7 Å². The topological polar surface area (TPSA) is 32.3 Å². The molecule has 0 amide bonds. The van der Waals surface area contributed by atoms with Crippen LogP contribution in [0.4, 0.5) is 5.69 Å². The lowest BCUT2D eigenvalue weighted by Gasteiger charge is -2.32. The van der Waals surface area contributed by atoms with Crippen LogP contribution in [0, 0.1) is 5.92 Å². The van der Waals surface area contributed by atoms with Gasteiger partial charge in [-0.25, -0.2) is 0 Å². The fourth-order valence-electron chi connectivity index (χ4n) is 3.34. The minimum absolute atomic E-state index is 0.314. The summed E-state index contributed by atoms with van der Waals surface area (Å²) in [6, 6.07) is 18.5. The van der Waals surface area contributed by atoms with E-state index in [0.717, 1.165) is 5.69 Å². The zero-order chi connectivity index (χ0) is 14.5. The number of phenols is 1. The molecule has 0 aliphatic heterocycles. The van der Waals surface area contributed by atoms with Crippen molar-refractivity contribution in [1.82, 2.24) is 0 Å². The number of rotatable bonds is 4. The van der Waals surface area contributed by atoms with Crippen LogP contribution in [0.3, 0.4) is 0 Å². The van der Waals surface area contributed by atoms with E-state index in [9.17, 15) is 5.11 Å². The van der Waals surface area contributed by atoms with Crippen molar-refractivity contribution in [3.63, 3.8) is 0 Å². The molecule has 2 N–H and O–H groups in total. The summed E-state index contributed by atoms with van der Waals surface area (Å²) >= 11 is 0. The molecule has 110 valence electrons. The number of aromatic hydroxyl groups is 1. The maximum absolute atomic E-state index is 9.43. The molecule has 0 heterocycles. The van der Waals surface area contributed by atoms with Crippen LogP contribution < -0.4 is 5.32 Å². The third-order valence-corrected chi connectivity index (χ3v) is 4.47. The third kappa shape index (κ3) is 3.57. The van der Waals surface area contributed by atoms with Gasteiger partial charge in [0.05, 0.1) is 6.04 Å². The van der Waals surface area contributed by atoms with E-state index < -0.39 is 0 Å². The van der Waals surface area contributed by atoms with Crippen LogP contribution in [0.25, 0.3) is 0 Å². The van der Waals surface area contributed by atoms with Gasteiger partial charge in [0.1, 0.15) is 5.75 Å². The van der Waals surface area contributed by atoms with Gasteiger partial charge in [0, 0.05) is 5.69 Å². The van der Waals surface area contributed by atoms with Crippen molar-refractivity contribution in [3.05, 3.63) is 60.2 Å². The van der Waals surface area contributed by atoms with Gasteiger partial charge in [-0.2, -0.15) is 0 Å². The highest BCUT2D eigenvalue weighted by Crippen LogP contribution is 2.36. The highest BCUT2D eigenvalue weighted by Gasteiger charge is 2.24. The van der Waals surface area contributed by atoms with Crippen molar-refractivity contribution in [2.24, 2.45) is 5.92 Å². The summed E-state index contributed by atoms with van der Waals surface area (Å²) in [6.07, 6.45) is 6.64. The van der Waals surface area contributed by atoms with E-state index in [4.69, 9.17) is 0 Å². The SMILES string of the molecule is Oc1ccc(NC(c2ccccc2)C2CCCCC2)cc1. The first-order chi connectivity index (χ1) is 10.3. The molecule has 0 saturated heterocycles. The smallest absolute Gasteiger partial charge is 0.115 e. The Morgan fingerprint density at radius 2 is 1.52 bits per heavy atom. The van der Waals surface area contributed by atoms with E-state index in [-0.39, 0.29) is 0 Å². The first-order valence-electron chi connectivity index (χ1n) is 7.93. The zero-order valence-electron chi connectivity index (χ0n) is 12.3. The van der Waals surface area contributed by atoms with Gasteiger partial charge in [-0.05, 0) is 48.6 Å². The summed E-state index contributed by atoms with van der Waals surface area (Å²) < 4.78 is 0. The predicted molar refractivity (Wildman–Crippen MR) is 87.5 cm³/mol. The van der Waals surface area contributed by atoms with Crippen molar-refractivity contribution in [3.8, 4) is 5.75 Å². The summed E-state index contributed by atoms with van der Waals surface area (Å²) in [5.74, 6) is 1.00. The standard InChI is InChI=1S/C19H23NO/c21-18-13-11-17(12-14-18)20-19(15-7-3-1-4-8-15)16-9-5-2-6-10-16/h1,3-4,7-8,11-14,16,19-21H,2,5-6,9-10H2. The van der Waals surface area contributed by atoms with Gasteiger partial charge in [0.2, 0.25) is 0 Å². The van der Waals surface area contributed by atoms with Crippen LogP contribution in [-0.2, 0) is 0 Å². The van der Waals surface area contributed by atoms with Crippen LogP contribution >= 0.6 is 0 Å². The quantitative estimate of drug-likeness (QED) is 0.762. The summed E-state index contributed by atoms with van der Waals surface area (Å²) in [7, 11) is 0. The Morgan fingerprint density at radius 1 is 0.857 bits per heavy atom. The molecule has 2 heteroatoms. The molecule has 2 nitrogen and oxygen atoms in total. The van der Waals surface area contributed by atoms with E-state index in [0.29, 0.717) is 17.7 Å². The number of anilines is 1. The Bertz CT molecular complexity index is 544. The molecule has 1 saturated carbocycles. The van der Waals surface area contributed by atoms with Crippen LogP contribution in [0.2, 0.25) is 0 Å². The Balaban J connectivity index is 1.83. The Kier molecular flexibility index (Phi) is 4.44. The van der Waals surface area contributed by atoms with Crippen LogP contribution in [0.1, 0.15) is 43.7 Å². The van der Waals surface area contributed by atoms with Crippen molar-refractivity contribution < 1.29 is 5.11 Å². The normalized spacial score (nSPS) is 17.3. The van der Waals surface area contributed by atoms with Gasteiger partial charge in [-0.15, -0.1) is 0 Å². The Hall–Kier alpha value is -1.96. The highest BCUT2D eigenvalue weighted by molar-refractivity contribution is 5.48. The second kappa shape index (κ2) is 6.66. The fourth-order valence-corrected chi connectivity index (χ4v) is 3.34. The van der Waals surface area contributed by atoms with Crippen molar-refractivity contribution in [2.45, 2.75) is 38.1 Å². The average molecular weight is 281 g/mol. The largest absolute Gasteiger partial charge is 0.508 e. The van der Waals surface area contributed by atoms with Gasteiger partial charge in [-0.1, -0.05) is 49.6 Å². The van der Waals surface area contributed by atoms with E-state index in [1.807, 2.05) is 12.1 Å². The Morgan fingerprint density at radius 3 is 2.19 bits per heavy atom. The van der Waals surface area contributed by atoms with Crippen LogP contribution in [0.15, 0.2) is 54.6 Å². The number of phenolic OH excluding ortho intramolecular Hbond substituents is 1. The molecular weight excluding hydrogens is 258 g/mol. The first-order valence-corrected chi connectivity index (χ1v) is 7.93. The highest BCUT2D eigenvalue weighted by atomic mass is 16.3. The lowest BCUT2D eigenvalue weighted by atomic mass is 9.81. The molecule has 2 aromatic rings. The fraction of sp³-hybridized carbons (Fsp3) is 0.368. The number of nitrogens with one attached hydrogen (secondary N) is 1. The summed E-state index contributed by atoms with van der Waals surface area (Å²) in [5, 5.41) is 13.1. The van der Waals surface area contributed by atoms with Gasteiger partial charge < -0.3 is 10.4 Å². The van der Waals surface area contributed by atoms with Gasteiger partial charge in [0.15, 0.2) is 0 Å². The van der Waals surface area contributed by atoms with E-state index in [2.05, 4.69) is 35.6 Å². The molecular formula is C19H23NO. The Labute approximate surface area is 126 Å². The maximum atomic E-state index is 9.43. The van der Waals surface area contributed by atoms with Crippen molar-refractivity contribution in [1.29, 1.82) is 0 Å². The molecule has 0 spiro atoms. The van der Waals surface area contributed by atoms with Gasteiger partial charge in [0.25, 0.3) is 0 Å². The number of hydrogen-bond donors (Lipinski definition) is 2. The second-order valence-electron chi connectivity index (χ2n) is 5.98. The molecule has 1 unspecified atom stereocenters. The minimum Gasteiger partial charge on any atom is -0.508 e. The molecule has 2 aromatic carbocycles. The second-order valence-corrected chi connectivity index (χ2v) is 5.98. The summed E-state index contributed by atoms with van der Waals surface area (Å²) in [5.41, 5.74) is 2.43. The van der Waals surface area contributed by atoms with Crippen LogP contribution in [0.5, 0.6) is 5.75 Å². The lowest BCUT2D eigenvalue weighted by Crippen LogP contribution is -2.23. The third-order valence-electron chi connectivity index (χ3n) is 4.47. The molecule has 1 fully saturated rings. The van der Waals surface area contributed by atoms with Gasteiger partial charge >= 0.3 is 0 Å². The maximum Gasteiger partial charge on any atom is 0.115 e. The van der Waals surface area contributed by atoms with E-state index >= 15 is 0 Å². The van der Waals surface area contributed by atoms with Gasteiger partial charge in [-0.3, -0.25) is 0 Å². The van der Waals surface area contributed by atoms with E-state index in [1.54, 1.807) is 12.1 Å². The molecule has 0 bridgehead atoms. The number of hydrogen-bond acceptors (Lipinski definition) is 2. The van der Waals surface area contributed by atoms with Crippen LogP contribution in [-0.4, -0.2) is 5.11 Å². The molecule has 1 aliphatic carbocycles. The lowest BCUT2D eigenvalue weighted by molar-refractivity contribution is 0.321. The summed E-state index contributed by atoms with van der Waals surface area (Å²) in [4.78, 5) is 0. The molecule has 1 atom stereocenters. The number of benzene rings is 2.